The second-order valence-electron chi connectivity index (χ2n) is 7.18. The SMILES string of the molecule is CC[C@@H](C(=O)N1CCc2c(nc(-c3ccc(C(N)=O)cc3)[nH]c2=O)C1)N(C)C. The molecule has 2 amide bonds. The summed E-state index contributed by atoms with van der Waals surface area (Å²) >= 11 is 0. The molecule has 1 aliphatic rings. The molecule has 8 heteroatoms. The number of amides is 2. The number of aromatic nitrogens is 2. The molecule has 148 valence electrons. The topological polar surface area (TPSA) is 112 Å². The summed E-state index contributed by atoms with van der Waals surface area (Å²) < 4.78 is 0. The van der Waals surface area contributed by atoms with E-state index in [9.17, 15) is 14.4 Å². The van der Waals surface area contributed by atoms with Gasteiger partial charge in [-0.1, -0.05) is 19.1 Å². The van der Waals surface area contributed by atoms with E-state index in [2.05, 4.69) is 9.97 Å². The largest absolute Gasteiger partial charge is 0.366 e. The predicted octanol–water partition coefficient (Wildman–Crippen LogP) is 0.761. The van der Waals surface area contributed by atoms with Crippen molar-refractivity contribution in [2.24, 2.45) is 5.73 Å². The van der Waals surface area contributed by atoms with E-state index < -0.39 is 5.91 Å². The van der Waals surface area contributed by atoms with Gasteiger partial charge in [0.05, 0.1) is 18.3 Å². The molecule has 0 aliphatic carbocycles. The van der Waals surface area contributed by atoms with Crippen molar-refractivity contribution < 1.29 is 9.59 Å². The molecule has 0 saturated carbocycles. The highest BCUT2D eigenvalue weighted by Gasteiger charge is 2.29. The molecule has 1 aromatic carbocycles. The number of carbonyl (C=O) groups excluding carboxylic acids is 2. The van der Waals surface area contributed by atoms with Crippen molar-refractivity contribution in [3.05, 3.63) is 51.4 Å². The number of aromatic amines is 1. The summed E-state index contributed by atoms with van der Waals surface area (Å²) in [6.07, 6.45) is 1.20. The minimum atomic E-state index is -0.515. The lowest BCUT2D eigenvalue weighted by atomic mass is 10.0. The fourth-order valence-corrected chi connectivity index (χ4v) is 3.53. The quantitative estimate of drug-likeness (QED) is 0.792. The summed E-state index contributed by atoms with van der Waals surface area (Å²) in [7, 11) is 3.78. The Balaban J connectivity index is 1.90. The van der Waals surface area contributed by atoms with E-state index in [1.807, 2.05) is 25.9 Å². The molecule has 1 atom stereocenters. The lowest BCUT2D eigenvalue weighted by Crippen LogP contribution is -2.48. The van der Waals surface area contributed by atoms with E-state index >= 15 is 0 Å². The van der Waals surface area contributed by atoms with Crippen LogP contribution in [0.4, 0.5) is 0 Å². The Hall–Kier alpha value is -3.00. The summed E-state index contributed by atoms with van der Waals surface area (Å²) in [5.74, 6) is -0.0553. The second-order valence-corrected chi connectivity index (χ2v) is 7.18. The van der Waals surface area contributed by atoms with Gasteiger partial charge in [0.25, 0.3) is 5.56 Å². The Labute approximate surface area is 163 Å². The summed E-state index contributed by atoms with van der Waals surface area (Å²) in [5.41, 5.74) is 7.38. The van der Waals surface area contributed by atoms with Gasteiger partial charge >= 0.3 is 0 Å². The van der Waals surface area contributed by atoms with Crippen LogP contribution < -0.4 is 11.3 Å². The zero-order chi connectivity index (χ0) is 20.4. The summed E-state index contributed by atoms with van der Waals surface area (Å²) in [4.78, 5) is 47.7. The maximum Gasteiger partial charge on any atom is 0.254 e. The number of hydrogen-bond acceptors (Lipinski definition) is 5. The number of nitrogens with zero attached hydrogens (tertiary/aromatic N) is 3. The first-order valence-electron chi connectivity index (χ1n) is 9.29. The average Bonchev–Trinajstić information content (AvgIpc) is 2.67. The van der Waals surface area contributed by atoms with Crippen LogP contribution in [-0.4, -0.2) is 58.3 Å². The zero-order valence-corrected chi connectivity index (χ0v) is 16.4. The van der Waals surface area contributed by atoms with Crippen LogP contribution in [0.1, 0.15) is 35.0 Å². The average molecular weight is 383 g/mol. The number of nitrogens with one attached hydrogen (secondary N) is 1. The van der Waals surface area contributed by atoms with Crippen LogP contribution in [-0.2, 0) is 17.8 Å². The molecule has 1 aliphatic heterocycles. The minimum absolute atomic E-state index is 0.0487. The van der Waals surface area contributed by atoms with Crippen molar-refractivity contribution >= 4 is 11.8 Å². The van der Waals surface area contributed by atoms with Gasteiger partial charge in [0.2, 0.25) is 11.8 Å². The first-order valence-corrected chi connectivity index (χ1v) is 9.29. The number of hydrogen-bond donors (Lipinski definition) is 2. The normalized spacial score (nSPS) is 14.6. The van der Waals surface area contributed by atoms with Crippen LogP contribution in [0.5, 0.6) is 0 Å². The monoisotopic (exact) mass is 383 g/mol. The Morgan fingerprint density at radius 2 is 1.96 bits per heavy atom. The summed E-state index contributed by atoms with van der Waals surface area (Å²) in [5, 5.41) is 0. The van der Waals surface area contributed by atoms with Crippen LogP contribution in [0, 0.1) is 0 Å². The number of rotatable bonds is 5. The Morgan fingerprint density at radius 1 is 1.29 bits per heavy atom. The smallest absolute Gasteiger partial charge is 0.254 e. The van der Waals surface area contributed by atoms with Crippen LogP contribution in [0.15, 0.2) is 29.1 Å². The van der Waals surface area contributed by atoms with Gasteiger partial charge in [-0.2, -0.15) is 0 Å². The Kier molecular flexibility index (Phi) is 5.60. The highest BCUT2D eigenvalue weighted by molar-refractivity contribution is 5.93. The van der Waals surface area contributed by atoms with Crippen LogP contribution in [0.25, 0.3) is 11.4 Å². The van der Waals surface area contributed by atoms with Crippen molar-refractivity contribution in [3.63, 3.8) is 0 Å². The van der Waals surface area contributed by atoms with E-state index in [0.29, 0.717) is 47.7 Å². The Morgan fingerprint density at radius 3 is 2.54 bits per heavy atom. The molecule has 0 spiro atoms. The zero-order valence-electron chi connectivity index (χ0n) is 16.4. The Bertz CT molecular complexity index is 949. The first kappa shape index (κ1) is 19.8. The maximum absolute atomic E-state index is 12.8. The molecule has 0 fully saturated rings. The van der Waals surface area contributed by atoms with Gasteiger partial charge in [-0.25, -0.2) is 4.98 Å². The summed E-state index contributed by atoms with van der Waals surface area (Å²) in [6.45, 7) is 2.81. The first-order chi connectivity index (χ1) is 13.3. The molecule has 2 heterocycles. The van der Waals surface area contributed by atoms with Crippen LogP contribution in [0.2, 0.25) is 0 Å². The third-order valence-corrected chi connectivity index (χ3v) is 5.12. The molecule has 3 N–H and O–H groups in total. The fraction of sp³-hybridized carbons (Fsp3) is 0.400. The number of likely N-dealkylation sites (N-methyl/N-ethyl adjacent to an activating group) is 1. The van der Waals surface area contributed by atoms with Gasteiger partial charge in [-0.3, -0.25) is 19.3 Å². The van der Waals surface area contributed by atoms with Crippen molar-refractivity contribution in [2.75, 3.05) is 20.6 Å². The van der Waals surface area contributed by atoms with E-state index in [-0.39, 0.29) is 17.5 Å². The molecule has 2 aromatic rings. The van der Waals surface area contributed by atoms with Crippen LogP contribution in [0.3, 0.4) is 0 Å². The van der Waals surface area contributed by atoms with Gasteiger partial charge in [0.1, 0.15) is 5.82 Å². The third kappa shape index (κ3) is 3.82. The van der Waals surface area contributed by atoms with E-state index in [0.717, 1.165) is 6.42 Å². The lowest BCUT2D eigenvalue weighted by Gasteiger charge is -2.33. The molecular formula is C20H25N5O3. The van der Waals surface area contributed by atoms with E-state index in [1.54, 1.807) is 29.2 Å². The third-order valence-electron chi connectivity index (χ3n) is 5.12. The molecule has 0 bridgehead atoms. The molecule has 28 heavy (non-hydrogen) atoms. The standard InChI is InChI=1S/C20H25N5O3/c1-4-16(24(2)3)20(28)25-10-9-14-15(11-25)22-18(23-19(14)27)13-7-5-12(6-8-13)17(21)26/h5-8,16H,4,9-11H2,1-3H3,(H2,21,26)(H,22,23,27)/t16-/m0/s1. The van der Waals surface area contributed by atoms with Crippen LogP contribution >= 0.6 is 0 Å². The number of fused-ring (bicyclic) bond motifs is 1. The van der Waals surface area contributed by atoms with Crippen molar-refractivity contribution in [2.45, 2.75) is 32.4 Å². The van der Waals surface area contributed by atoms with Gasteiger partial charge in [0, 0.05) is 23.2 Å². The number of nitrogens with two attached hydrogens (primary N) is 1. The van der Waals surface area contributed by atoms with Gasteiger partial charge in [-0.05, 0) is 39.1 Å². The van der Waals surface area contributed by atoms with Gasteiger partial charge < -0.3 is 15.6 Å². The summed E-state index contributed by atoms with van der Waals surface area (Å²) in [6, 6.07) is 6.38. The van der Waals surface area contributed by atoms with Gasteiger partial charge in [-0.15, -0.1) is 0 Å². The predicted molar refractivity (Wildman–Crippen MR) is 106 cm³/mol. The molecule has 3 rings (SSSR count). The highest BCUT2D eigenvalue weighted by Crippen LogP contribution is 2.20. The molecule has 8 nitrogen and oxygen atoms in total. The number of H-pyrrole nitrogens is 1. The fourth-order valence-electron chi connectivity index (χ4n) is 3.53. The highest BCUT2D eigenvalue weighted by atomic mass is 16.2. The van der Waals surface area contributed by atoms with Crippen molar-refractivity contribution in [1.29, 1.82) is 0 Å². The molecule has 0 radical (unpaired) electrons. The lowest BCUT2D eigenvalue weighted by molar-refractivity contribution is -0.137. The van der Waals surface area contributed by atoms with Crippen molar-refractivity contribution in [1.82, 2.24) is 19.8 Å². The molecule has 0 saturated heterocycles. The molecular weight excluding hydrogens is 358 g/mol. The number of benzene rings is 1. The van der Waals surface area contributed by atoms with Crippen molar-refractivity contribution in [3.8, 4) is 11.4 Å². The number of primary amides is 1. The van der Waals surface area contributed by atoms with E-state index in [4.69, 9.17) is 5.73 Å². The minimum Gasteiger partial charge on any atom is -0.366 e. The maximum atomic E-state index is 12.8. The second kappa shape index (κ2) is 7.93. The molecule has 0 unspecified atom stereocenters. The van der Waals surface area contributed by atoms with Gasteiger partial charge in [0.15, 0.2) is 0 Å². The van der Waals surface area contributed by atoms with E-state index in [1.165, 1.54) is 0 Å². The molecule has 1 aromatic heterocycles. The number of carbonyl (C=O) groups is 2.